The van der Waals surface area contributed by atoms with Crippen LogP contribution in [0.25, 0.3) is 10.2 Å². The molecule has 6 nitrogen and oxygen atoms in total. The Bertz CT molecular complexity index is 1380. The van der Waals surface area contributed by atoms with Crippen molar-refractivity contribution in [3.8, 4) is 0 Å². The first-order valence-corrected chi connectivity index (χ1v) is 13.6. The van der Waals surface area contributed by atoms with E-state index in [9.17, 15) is 13.2 Å². The van der Waals surface area contributed by atoms with Gasteiger partial charge in [0.1, 0.15) is 0 Å². The molecule has 0 saturated carbocycles. The zero-order valence-corrected chi connectivity index (χ0v) is 21.3. The van der Waals surface area contributed by atoms with Gasteiger partial charge >= 0.3 is 0 Å². The van der Waals surface area contributed by atoms with Crippen molar-refractivity contribution in [2.24, 2.45) is 0 Å². The molecule has 2 aromatic heterocycles. The summed E-state index contributed by atoms with van der Waals surface area (Å²) in [4.78, 5) is 24.0. The predicted octanol–water partition coefficient (Wildman–Crippen LogP) is 5.75. The van der Waals surface area contributed by atoms with Crippen LogP contribution >= 0.6 is 22.9 Å². The number of hydrogen-bond acceptors (Lipinski definition) is 6. The molecule has 0 aliphatic heterocycles. The van der Waals surface area contributed by atoms with Crippen molar-refractivity contribution in [3.63, 3.8) is 0 Å². The van der Waals surface area contributed by atoms with Crippen LogP contribution < -0.4 is 4.90 Å². The van der Waals surface area contributed by atoms with E-state index in [2.05, 4.69) is 4.98 Å². The minimum Gasteiger partial charge on any atom is -0.284 e. The highest BCUT2D eigenvalue weighted by Crippen LogP contribution is 2.36. The minimum atomic E-state index is -3.46. The van der Waals surface area contributed by atoms with E-state index >= 15 is 0 Å². The smallest absolute Gasteiger partial charge is 0.229 e. The average molecular weight is 514 g/mol. The van der Waals surface area contributed by atoms with E-state index in [4.69, 9.17) is 16.6 Å². The molecule has 34 heavy (non-hydrogen) atoms. The molecule has 0 bridgehead atoms. The lowest BCUT2D eigenvalue weighted by atomic mass is 10.2. The number of halogens is 1. The molecule has 0 aliphatic carbocycles. The summed E-state index contributed by atoms with van der Waals surface area (Å²) in [5.41, 5.74) is 3.58. The van der Waals surface area contributed by atoms with Gasteiger partial charge in [-0.2, -0.15) is 0 Å². The number of aromatic nitrogens is 2. The van der Waals surface area contributed by atoms with Crippen molar-refractivity contribution in [1.29, 1.82) is 0 Å². The molecule has 0 spiro atoms. The van der Waals surface area contributed by atoms with Gasteiger partial charge in [0.2, 0.25) is 5.91 Å². The largest absolute Gasteiger partial charge is 0.284 e. The maximum Gasteiger partial charge on any atom is 0.229 e. The molecule has 1 amide bonds. The van der Waals surface area contributed by atoms with Crippen LogP contribution in [-0.4, -0.2) is 30.0 Å². The number of thiazole rings is 1. The molecule has 2 aromatic carbocycles. The van der Waals surface area contributed by atoms with Crippen LogP contribution in [0.2, 0.25) is 5.02 Å². The van der Waals surface area contributed by atoms with Gasteiger partial charge in [0, 0.05) is 18.8 Å². The number of nitrogens with zero attached hydrogens (tertiary/aromatic N) is 3. The monoisotopic (exact) mass is 513 g/mol. The fourth-order valence-corrected chi connectivity index (χ4v) is 6.20. The molecule has 4 rings (SSSR count). The van der Waals surface area contributed by atoms with E-state index in [0.717, 1.165) is 26.9 Å². The number of anilines is 1. The summed E-state index contributed by atoms with van der Waals surface area (Å²) in [5.74, 6) is -0.302. The van der Waals surface area contributed by atoms with Crippen LogP contribution in [0.4, 0.5) is 5.13 Å². The van der Waals surface area contributed by atoms with Crippen LogP contribution in [0.15, 0.2) is 65.8 Å². The van der Waals surface area contributed by atoms with Crippen molar-refractivity contribution in [2.45, 2.75) is 38.1 Å². The van der Waals surface area contributed by atoms with Gasteiger partial charge in [-0.3, -0.25) is 14.7 Å². The molecule has 176 valence electrons. The van der Waals surface area contributed by atoms with Crippen LogP contribution in [-0.2, 0) is 21.2 Å². The number of fused-ring (bicyclic) bond motifs is 1. The molecule has 2 heterocycles. The number of carbonyl (C=O) groups excluding carboxylic acids is 1. The number of aryl methyl sites for hydroxylation is 2. The number of hydrogen-bond donors (Lipinski definition) is 0. The normalized spacial score (nSPS) is 11.6. The quantitative estimate of drug-likeness (QED) is 0.300. The third-order valence-electron chi connectivity index (χ3n) is 5.47. The number of carbonyl (C=O) groups is 1. The third-order valence-corrected chi connectivity index (χ3v) is 8.82. The molecule has 4 aromatic rings. The zero-order chi connectivity index (χ0) is 24.3. The Morgan fingerprint density at radius 3 is 2.53 bits per heavy atom. The Morgan fingerprint density at radius 2 is 1.85 bits per heavy atom. The number of sulfone groups is 1. The van der Waals surface area contributed by atoms with E-state index < -0.39 is 9.84 Å². The van der Waals surface area contributed by atoms with Crippen molar-refractivity contribution in [2.75, 3.05) is 10.7 Å². The minimum absolute atomic E-state index is 0.0774. The Labute approximate surface area is 208 Å². The second-order valence-corrected chi connectivity index (χ2v) is 11.6. The molecular formula is C25H24ClN3O3S2. The van der Waals surface area contributed by atoms with Gasteiger partial charge in [0.25, 0.3) is 0 Å². The summed E-state index contributed by atoms with van der Waals surface area (Å²) in [6.45, 7) is 4.14. The molecule has 0 aliphatic rings. The van der Waals surface area contributed by atoms with Gasteiger partial charge in [0.05, 0.1) is 32.4 Å². The van der Waals surface area contributed by atoms with Crippen LogP contribution in [0.5, 0.6) is 0 Å². The Kier molecular flexibility index (Phi) is 7.30. The molecule has 0 saturated heterocycles. The lowest BCUT2D eigenvalue weighted by molar-refractivity contribution is -0.118. The summed E-state index contributed by atoms with van der Waals surface area (Å²) >= 11 is 7.73. The van der Waals surface area contributed by atoms with Gasteiger partial charge in [-0.15, -0.1) is 0 Å². The van der Waals surface area contributed by atoms with Crippen LogP contribution in [0, 0.1) is 13.8 Å². The van der Waals surface area contributed by atoms with Crippen molar-refractivity contribution in [3.05, 3.63) is 82.6 Å². The summed E-state index contributed by atoms with van der Waals surface area (Å²) in [6.07, 6.45) is 3.66. The fraction of sp³-hybridized carbons (Fsp3) is 0.240. The second kappa shape index (κ2) is 10.2. The first-order valence-electron chi connectivity index (χ1n) is 10.8. The van der Waals surface area contributed by atoms with E-state index in [-0.39, 0.29) is 35.9 Å². The van der Waals surface area contributed by atoms with Gasteiger partial charge in [-0.1, -0.05) is 52.8 Å². The Morgan fingerprint density at radius 1 is 1.09 bits per heavy atom. The third kappa shape index (κ3) is 5.46. The Hall–Kier alpha value is -2.81. The molecule has 0 N–H and O–H groups in total. The van der Waals surface area contributed by atoms with Crippen LogP contribution in [0.1, 0.15) is 29.5 Å². The standard InChI is InChI=1S/C25H24ClN3O3S2/c1-17-7-10-20(11-8-17)34(31,32)14-4-6-22(30)29(16-19-5-3-13-27-15-19)25-28-23-18(2)9-12-21(26)24(23)33-25/h3,5,7-13,15H,4,6,14,16H2,1-2H3. The van der Waals surface area contributed by atoms with E-state index in [1.165, 1.54) is 11.3 Å². The fourth-order valence-electron chi connectivity index (χ4n) is 3.55. The average Bonchev–Trinajstić information content (AvgIpc) is 3.27. The van der Waals surface area contributed by atoms with Crippen LogP contribution in [0.3, 0.4) is 0 Å². The topological polar surface area (TPSA) is 80.2 Å². The summed E-state index contributed by atoms with van der Waals surface area (Å²) in [6, 6.07) is 14.2. The van der Waals surface area contributed by atoms with E-state index in [1.807, 2.05) is 38.1 Å². The molecule has 0 atom stereocenters. The number of benzene rings is 2. The van der Waals surface area contributed by atoms with Gasteiger partial charge < -0.3 is 0 Å². The predicted molar refractivity (Wildman–Crippen MR) is 137 cm³/mol. The number of pyridine rings is 1. The van der Waals surface area contributed by atoms with E-state index in [1.54, 1.807) is 41.6 Å². The first-order chi connectivity index (χ1) is 16.2. The van der Waals surface area contributed by atoms with Gasteiger partial charge in [-0.25, -0.2) is 13.4 Å². The van der Waals surface area contributed by atoms with Gasteiger partial charge in [0.15, 0.2) is 15.0 Å². The Balaban J connectivity index is 1.55. The maximum absolute atomic E-state index is 13.3. The number of amides is 1. The highest BCUT2D eigenvalue weighted by Gasteiger charge is 2.23. The second-order valence-electron chi connectivity index (χ2n) is 8.12. The zero-order valence-electron chi connectivity index (χ0n) is 18.9. The van der Waals surface area contributed by atoms with Crippen molar-refractivity contribution in [1.82, 2.24) is 9.97 Å². The molecule has 0 unspecified atom stereocenters. The number of rotatable bonds is 8. The summed E-state index contributed by atoms with van der Waals surface area (Å²) < 4.78 is 26.2. The van der Waals surface area contributed by atoms with Gasteiger partial charge in [-0.05, 0) is 55.7 Å². The molecule has 0 fully saturated rings. The highest BCUT2D eigenvalue weighted by atomic mass is 35.5. The molecule has 0 radical (unpaired) electrons. The van der Waals surface area contributed by atoms with E-state index in [0.29, 0.717) is 10.2 Å². The summed E-state index contributed by atoms with van der Waals surface area (Å²) in [5, 5.41) is 1.11. The maximum atomic E-state index is 13.3. The lowest BCUT2D eigenvalue weighted by Gasteiger charge is -2.20. The highest BCUT2D eigenvalue weighted by molar-refractivity contribution is 7.91. The van der Waals surface area contributed by atoms with Crippen molar-refractivity contribution < 1.29 is 13.2 Å². The lowest BCUT2D eigenvalue weighted by Crippen LogP contribution is -2.30. The van der Waals surface area contributed by atoms with Crippen molar-refractivity contribution >= 4 is 54.0 Å². The molecule has 9 heteroatoms. The SMILES string of the molecule is Cc1ccc(S(=O)(=O)CCCC(=O)N(Cc2cccnc2)c2nc3c(C)ccc(Cl)c3s2)cc1. The summed E-state index contributed by atoms with van der Waals surface area (Å²) in [7, 11) is -3.46. The molecular weight excluding hydrogens is 490 g/mol. The first kappa shape index (κ1) is 24.3.